The molecule has 0 aliphatic carbocycles. The Morgan fingerprint density at radius 2 is 1.48 bits per heavy atom. The summed E-state index contributed by atoms with van der Waals surface area (Å²) in [5.41, 5.74) is -0.658. The zero-order chi connectivity index (χ0) is 23.7. The highest BCUT2D eigenvalue weighted by molar-refractivity contribution is 6.06. The highest BCUT2D eigenvalue weighted by Gasteiger charge is 2.30. The van der Waals surface area contributed by atoms with Crippen LogP contribution in [0.25, 0.3) is 10.9 Å². The first-order chi connectivity index (χ1) is 15.8. The Balaban J connectivity index is 2.13. The first-order valence-electron chi connectivity index (χ1n) is 9.90. The average Bonchev–Trinajstić information content (AvgIpc) is 2.82. The minimum absolute atomic E-state index is 0.0881. The van der Waals surface area contributed by atoms with Gasteiger partial charge in [-0.2, -0.15) is 0 Å². The lowest BCUT2D eigenvalue weighted by atomic mass is 9.83. The predicted octanol–water partition coefficient (Wildman–Crippen LogP) is 4.37. The molecule has 1 heterocycles. The van der Waals surface area contributed by atoms with E-state index in [-0.39, 0.29) is 22.2 Å². The quantitative estimate of drug-likeness (QED) is 0.247. The van der Waals surface area contributed by atoms with Gasteiger partial charge in [0.2, 0.25) is 0 Å². The van der Waals surface area contributed by atoms with Crippen LogP contribution < -0.4 is 5.56 Å². The van der Waals surface area contributed by atoms with Gasteiger partial charge in [0.1, 0.15) is 5.52 Å². The molecule has 0 spiro atoms. The molecule has 0 bridgehead atoms. The van der Waals surface area contributed by atoms with Crippen molar-refractivity contribution in [3.8, 4) is 0 Å². The summed E-state index contributed by atoms with van der Waals surface area (Å²) in [4.78, 5) is 48.3. The van der Waals surface area contributed by atoms with Gasteiger partial charge in [-0.15, -0.1) is 0 Å². The third kappa shape index (κ3) is 3.87. The first-order valence-corrected chi connectivity index (χ1v) is 9.90. The van der Waals surface area contributed by atoms with Gasteiger partial charge in [0.25, 0.3) is 16.9 Å². The lowest BCUT2D eigenvalue weighted by Crippen LogP contribution is -2.22. The number of nitro benzene ring substituents is 2. The van der Waals surface area contributed by atoms with Crippen LogP contribution in [0.15, 0.2) is 83.7 Å². The maximum absolute atomic E-state index is 13.6. The SMILES string of the molecule is Cn1c(=O)cc(C(C(=O)c2ccccc2)c2ccccc2)c2cc([N+](=O)[O-])cc([N+](=O)[O-])c21. The van der Waals surface area contributed by atoms with Crippen molar-refractivity contribution < 1.29 is 14.6 Å². The summed E-state index contributed by atoms with van der Waals surface area (Å²) in [6.45, 7) is 0. The normalized spacial score (nSPS) is 11.8. The third-order valence-corrected chi connectivity index (χ3v) is 5.50. The van der Waals surface area contributed by atoms with Gasteiger partial charge in [0, 0.05) is 30.1 Å². The summed E-state index contributed by atoms with van der Waals surface area (Å²) >= 11 is 0. The predicted molar refractivity (Wildman–Crippen MR) is 122 cm³/mol. The Hall–Kier alpha value is -4.66. The molecule has 1 unspecified atom stereocenters. The van der Waals surface area contributed by atoms with E-state index in [4.69, 9.17) is 0 Å². The zero-order valence-corrected chi connectivity index (χ0v) is 17.4. The van der Waals surface area contributed by atoms with Gasteiger partial charge in [-0.25, -0.2) is 0 Å². The Bertz CT molecular complexity index is 1460. The van der Waals surface area contributed by atoms with Crippen molar-refractivity contribution in [1.29, 1.82) is 0 Å². The van der Waals surface area contributed by atoms with Crippen molar-refractivity contribution in [2.24, 2.45) is 7.05 Å². The summed E-state index contributed by atoms with van der Waals surface area (Å²) in [6.07, 6.45) is 0. The molecule has 9 heteroatoms. The van der Waals surface area contributed by atoms with Crippen molar-refractivity contribution >= 4 is 28.1 Å². The van der Waals surface area contributed by atoms with Crippen LogP contribution in [0, 0.1) is 20.2 Å². The molecule has 3 aromatic carbocycles. The smallest absolute Gasteiger partial charge is 0.300 e. The number of carbonyl (C=O) groups is 1. The van der Waals surface area contributed by atoms with E-state index >= 15 is 0 Å². The number of carbonyl (C=O) groups excluding carboxylic acids is 1. The number of Topliss-reactive ketones (excluding diaryl/α,β-unsaturated/α-hetero) is 1. The molecule has 1 aromatic heterocycles. The fourth-order valence-electron chi connectivity index (χ4n) is 3.96. The summed E-state index contributed by atoms with van der Waals surface area (Å²) in [5.74, 6) is -1.35. The second-order valence-electron chi connectivity index (χ2n) is 7.45. The number of fused-ring (bicyclic) bond motifs is 1. The zero-order valence-electron chi connectivity index (χ0n) is 17.4. The van der Waals surface area contributed by atoms with E-state index in [0.29, 0.717) is 11.1 Å². The minimum atomic E-state index is -1.01. The van der Waals surface area contributed by atoms with Gasteiger partial charge in [-0.3, -0.25) is 29.8 Å². The summed E-state index contributed by atoms with van der Waals surface area (Å²) in [5, 5.41) is 23.4. The Morgan fingerprint density at radius 1 is 0.879 bits per heavy atom. The fraction of sp³-hybridized carbons (Fsp3) is 0.0833. The number of pyridine rings is 1. The molecule has 0 saturated carbocycles. The lowest BCUT2D eigenvalue weighted by molar-refractivity contribution is -0.393. The van der Waals surface area contributed by atoms with Crippen LogP contribution in [-0.4, -0.2) is 20.2 Å². The molecule has 9 nitrogen and oxygen atoms in total. The topological polar surface area (TPSA) is 125 Å². The highest BCUT2D eigenvalue weighted by Crippen LogP contribution is 2.37. The van der Waals surface area contributed by atoms with E-state index in [1.54, 1.807) is 60.7 Å². The molecule has 0 fully saturated rings. The molecule has 0 radical (unpaired) electrons. The van der Waals surface area contributed by atoms with Crippen LogP contribution >= 0.6 is 0 Å². The maximum atomic E-state index is 13.6. The summed E-state index contributed by atoms with van der Waals surface area (Å²) in [6, 6.07) is 20.3. The number of benzene rings is 3. The van der Waals surface area contributed by atoms with Gasteiger partial charge in [-0.05, 0) is 11.1 Å². The Morgan fingerprint density at radius 3 is 2.06 bits per heavy atom. The third-order valence-electron chi connectivity index (χ3n) is 5.50. The van der Waals surface area contributed by atoms with E-state index in [9.17, 15) is 29.8 Å². The van der Waals surface area contributed by atoms with E-state index in [0.717, 1.165) is 10.6 Å². The molecule has 4 rings (SSSR count). The monoisotopic (exact) mass is 443 g/mol. The van der Waals surface area contributed by atoms with Crippen LogP contribution in [0.2, 0.25) is 0 Å². The Labute approximate surface area is 186 Å². The van der Waals surface area contributed by atoms with Crippen molar-refractivity contribution in [2.45, 2.75) is 5.92 Å². The number of nitrogens with zero attached hydrogens (tertiary/aromatic N) is 3. The molecule has 1 atom stereocenters. The molecule has 0 saturated heterocycles. The number of nitro groups is 2. The second-order valence-corrected chi connectivity index (χ2v) is 7.45. The molecule has 0 amide bonds. The molecule has 0 aliphatic rings. The van der Waals surface area contributed by atoms with E-state index in [1.807, 2.05) is 0 Å². The number of rotatable bonds is 6. The van der Waals surface area contributed by atoms with Crippen molar-refractivity contribution in [3.05, 3.63) is 126 Å². The van der Waals surface area contributed by atoms with Gasteiger partial charge in [-0.1, -0.05) is 60.7 Å². The van der Waals surface area contributed by atoms with Crippen LogP contribution in [0.1, 0.15) is 27.4 Å². The molecule has 0 aliphatic heterocycles. The molecular formula is C24H17N3O6. The maximum Gasteiger partial charge on any atom is 0.300 e. The van der Waals surface area contributed by atoms with Crippen LogP contribution in [0.3, 0.4) is 0 Å². The number of ketones is 1. The summed E-state index contributed by atoms with van der Waals surface area (Å²) < 4.78 is 1.07. The van der Waals surface area contributed by atoms with Crippen molar-refractivity contribution in [3.63, 3.8) is 0 Å². The standard InChI is InChI=1S/C24H17N3O6/c1-25-21(28)14-18(19-12-17(26(30)31)13-20(23(19)25)27(32)33)22(15-8-4-2-5-9-15)24(29)16-10-6-3-7-11-16/h2-14,22H,1H3. The molecule has 4 aromatic rings. The number of aryl methyl sites for hydroxylation is 1. The van der Waals surface area contributed by atoms with E-state index < -0.39 is 32.7 Å². The number of hydrogen-bond acceptors (Lipinski definition) is 6. The highest BCUT2D eigenvalue weighted by atomic mass is 16.6. The van der Waals surface area contributed by atoms with Gasteiger partial charge in [0.15, 0.2) is 5.78 Å². The molecule has 164 valence electrons. The minimum Gasteiger partial charge on any atom is -0.305 e. The van der Waals surface area contributed by atoms with Crippen molar-refractivity contribution in [1.82, 2.24) is 4.57 Å². The number of hydrogen-bond donors (Lipinski definition) is 0. The second kappa shape index (κ2) is 8.46. The molecule has 33 heavy (non-hydrogen) atoms. The van der Waals surface area contributed by atoms with Gasteiger partial charge >= 0.3 is 0 Å². The van der Waals surface area contributed by atoms with E-state index in [1.165, 1.54) is 19.2 Å². The molecule has 0 N–H and O–H groups in total. The van der Waals surface area contributed by atoms with Gasteiger partial charge in [0.05, 0.1) is 21.8 Å². The lowest BCUT2D eigenvalue weighted by Gasteiger charge is -2.20. The Kier molecular flexibility index (Phi) is 5.53. The first kappa shape index (κ1) is 21.6. The van der Waals surface area contributed by atoms with Crippen LogP contribution in [0.5, 0.6) is 0 Å². The van der Waals surface area contributed by atoms with E-state index in [2.05, 4.69) is 0 Å². The van der Waals surface area contributed by atoms with Crippen LogP contribution in [0.4, 0.5) is 11.4 Å². The van der Waals surface area contributed by atoms with Crippen molar-refractivity contribution in [2.75, 3.05) is 0 Å². The van der Waals surface area contributed by atoms with Crippen LogP contribution in [-0.2, 0) is 7.05 Å². The van der Waals surface area contributed by atoms with Gasteiger partial charge < -0.3 is 4.57 Å². The fourth-order valence-corrected chi connectivity index (χ4v) is 3.96. The number of aromatic nitrogens is 1. The summed E-state index contributed by atoms with van der Waals surface area (Å²) in [7, 11) is 1.35. The molecular weight excluding hydrogens is 426 g/mol. The largest absolute Gasteiger partial charge is 0.305 e. The average molecular weight is 443 g/mol. The number of non-ortho nitro benzene ring substituents is 2.